The third-order valence-electron chi connectivity index (χ3n) is 2.60. The molecule has 0 bridgehead atoms. The van der Waals surface area contributed by atoms with Crippen LogP contribution in [0, 0.1) is 0 Å². The minimum atomic E-state index is -0.700. The first kappa shape index (κ1) is 14.2. The first-order chi connectivity index (χ1) is 8.45. The maximum absolute atomic E-state index is 11.6. The van der Waals surface area contributed by atoms with Gasteiger partial charge in [-0.1, -0.05) is 30.3 Å². The fraction of sp³-hybridized carbons (Fsp3) is 0.429. The number of ether oxygens (including phenoxy) is 2. The molecule has 0 saturated heterocycles. The van der Waals surface area contributed by atoms with E-state index in [1.807, 2.05) is 44.2 Å². The second-order valence-corrected chi connectivity index (χ2v) is 4.43. The summed E-state index contributed by atoms with van der Waals surface area (Å²) in [5.41, 5.74) is 0.213. The Hall–Kier alpha value is -1.84. The number of esters is 2. The average molecular weight is 250 g/mol. The number of carbonyl (C=O) groups is 2. The van der Waals surface area contributed by atoms with E-state index in [1.165, 1.54) is 7.11 Å². The average Bonchev–Trinajstić information content (AvgIpc) is 2.36. The molecular weight excluding hydrogens is 232 g/mol. The van der Waals surface area contributed by atoms with Gasteiger partial charge in [-0.05, 0) is 19.4 Å². The van der Waals surface area contributed by atoms with Gasteiger partial charge in [-0.3, -0.25) is 9.59 Å². The van der Waals surface area contributed by atoms with Gasteiger partial charge in [0, 0.05) is 0 Å². The van der Waals surface area contributed by atoms with Crippen molar-refractivity contribution in [3.63, 3.8) is 0 Å². The molecule has 0 amide bonds. The van der Waals surface area contributed by atoms with Gasteiger partial charge in [0.2, 0.25) is 0 Å². The molecule has 0 fully saturated rings. The topological polar surface area (TPSA) is 52.6 Å². The zero-order valence-electron chi connectivity index (χ0n) is 10.9. The van der Waals surface area contributed by atoms with Gasteiger partial charge in [0.15, 0.2) is 0 Å². The molecule has 0 atom stereocenters. The van der Waals surface area contributed by atoms with Crippen molar-refractivity contribution in [1.82, 2.24) is 0 Å². The van der Waals surface area contributed by atoms with Crippen LogP contribution < -0.4 is 0 Å². The lowest BCUT2D eigenvalue weighted by atomic mass is 9.98. The predicted octanol–water partition coefficient (Wildman–Crippen LogP) is 2.42. The fourth-order valence-corrected chi connectivity index (χ4v) is 1.54. The Bertz CT molecular complexity index is 409. The molecule has 98 valence electrons. The van der Waals surface area contributed by atoms with E-state index in [-0.39, 0.29) is 12.8 Å². The maximum atomic E-state index is 11.6. The van der Waals surface area contributed by atoms with Crippen molar-refractivity contribution < 1.29 is 19.1 Å². The Balaban J connectivity index is 2.55. The van der Waals surface area contributed by atoms with Crippen molar-refractivity contribution >= 4 is 11.9 Å². The molecule has 0 N–H and O–H groups in total. The first-order valence-electron chi connectivity index (χ1n) is 5.80. The van der Waals surface area contributed by atoms with Crippen LogP contribution >= 0.6 is 0 Å². The molecule has 0 spiro atoms. The second-order valence-electron chi connectivity index (χ2n) is 4.43. The number of methoxy groups -OCH3 is 1. The Kier molecular flexibility index (Phi) is 4.89. The summed E-state index contributed by atoms with van der Waals surface area (Å²) in [6.45, 7) is 3.64. The molecule has 1 rings (SSSR count). The number of carbonyl (C=O) groups excluding carboxylic acids is 2. The van der Waals surface area contributed by atoms with Crippen molar-refractivity contribution in [2.24, 2.45) is 0 Å². The highest BCUT2D eigenvalue weighted by Gasteiger charge is 2.25. The lowest BCUT2D eigenvalue weighted by molar-refractivity contribution is -0.159. The zero-order chi connectivity index (χ0) is 13.6. The smallest absolute Gasteiger partial charge is 0.307 e. The zero-order valence-corrected chi connectivity index (χ0v) is 10.9. The third kappa shape index (κ3) is 4.20. The van der Waals surface area contributed by atoms with Crippen molar-refractivity contribution in [2.75, 3.05) is 7.11 Å². The number of hydrogen-bond acceptors (Lipinski definition) is 4. The molecule has 1 aromatic carbocycles. The summed E-state index contributed by atoms with van der Waals surface area (Å²) in [6, 6.07) is 9.47. The molecule has 0 aliphatic rings. The lowest BCUT2D eigenvalue weighted by Crippen LogP contribution is -2.25. The summed E-state index contributed by atoms with van der Waals surface area (Å²) in [7, 11) is 1.29. The van der Waals surface area contributed by atoms with E-state index in [0.717, 1.165) is 5.56 Å². The quantitative estimate of drug-likeness (QED) is 0.753. The van der Waals surface area contributed by atoms with Crippen LogP contribution in [-0.4, -0.2) is 19.0 Å². The van der Waals surface area contributed by atoms with Crippen LogP contribution in [0.5, 0.6) is 0 Å². The first-order valence-corrected chi connectivity index (χ1v) is 5.80. The monoisotopic (exact) mass is 250 g/mol. The molecule has 0 heterocycles. The normalized spacial score (nSPS) is 10.8. The van der Waals surface area contributed by atoms with E-state index >= 15 is 0 Å². The van der Waals surface area contributed by atoms with Crippen LogP contribution in [0.1, 0.15) is 32.3 Å². The summed E-state index contributed by atoms with van der Waals surface area (Å²) < 4.78 is 9.84. The van der Waals surface area contributed by atoms with Crippen LogP contribution in [0.4, 0.5) is 0 Å². The van der Waals surface area contributed by atoms with Crippen molar-refractivity contribution in [1.29, 1.82) is 0 Å². The molecule has 0 radical (unpaired) electrons. The van der Waals surface area contributed by atoms with Gasteiger partial charge >= 0.3 is 11.9 Å². The van der Waals surface area contributed by atoms with Crippen LogP contribution in [0.3, 0.4) is 0 Å². The molecule has 0 aliphatic carbocycles. The summed E-state index contributed by atoms with van der Waals surface area (Å²) in [5, 5.41) is 0. The fourth-order valence-electron chi connectivity index (χ4n) is 1.54. The number of benzene rings is 1. The highest BCUT2D eigenvalue weighted by molar-refractivity contribution is 5.77. The highest BCUT2D eigenvalue weighted by atomic mass is 16.6. The van der Waals surface area contributed by atoms with Gasteiger partial charge in [-0.2, -0.15) is 0 Å². The molecule has 4 heteroatoms. The van der Waals surface area contributed by atoms with Gasteiger partial charge in [0.05, 0.1) is 20.0 Å². The van der Waals surface area contributed by atoms with E-state index < -0.39 is 17.5 Å². The van der Waals surface area contributed by atoms with Crippen LogP contribution in [0.15, 0.2) is 30.3 Å². The van der Waals surface area contributed by atoms with Crippen LogP contribution in [0.25, 0.3) is 0 Å². The van der Waals surface area contributed by atoms with Gasteiger partial charge in [0.25, 0.3) is 0 Å². The lowest BCUT2D eigenvalue weighted by Gasteiger charge is -2.25. The molecule has 1 aromatic rings. The van der Waals surface area contributed by atoms with Gasteiger partial charge in [0.1, 0.15) is 5.60 Å². The molecule has 18 heavy (non-hydrogen) atoms. The largest absolute Gasteiger partial charge is 0.469 e. The summed E-state index contributed by atoms with van der Waals surface area (Å²) in [5.74, 6) is -0.821. The standard InChI is InChI=1S/C14H18O4/c1-14(2,11-7-5-4-6-8-11)18-13(16)10-9-12(15)17-3/h4-8H,9-10H2,1-3H3. The molecular formula is C14H18O4. The van der Waals surface area contributed by atoms with Gasteiger partial charge < -0.3 is 9.47 Å². The molecule has 0 unspecified atom stereocenters. The second kappa shape index (κ2) is 6.19. The van der Waals surface area contributed by atoms with Crippen LogP contribution in [-0.2, 0) is 24.7 Å². The highest BCUT2D eigenvalue weighted by Crippen LogP contribution is 2.24. The Morgan fingerprint density at radius 1 is 1.06 bits per heavy atom. The minimum Gasteiger partial charge on any atom is -0.469 e. The molecule has 0 aromatic heterocycles. The Morgan fingerprint density at radius 2 is 1.61 bits per heavy atom. The van der Waals surface area contributed by atoms with Crippen molar-refractivity contribution in [2.45, 2.75) is 32.3 Å². The Labute approximate surface area is 107 Å². The van der Waals surface area contributed by atoms with Crippen molar-refractivity contribution in [3.05, 3.63) is 35.9 Å². The summed E-state index contributed by atoms with van der Waals surface area (Å²) in [6.07, 6.45) is 0.0726. The van der Waals surface area contributed by atoms with E-state index in [0.29, 0.717) is 0 Å². The van der Waals surface area contributed by atoms with Crippen molar-refractivity contribution in [3.8, 4) is 0 Å². The summed E-state index contributed by atoms with van der Waals surface area (Å²) >= 11 is 0. The Morgan fingerprint density at radius 3 is 2.17 bits per heavy atom. The van der Waals surface area contributed by atoms with E-state index in [2.05, 4.69) is 4.74 Å². The van der Waals surface area contributed by atoms with E-state index in [1.54, 1.807) is 0 Å². The molecule has 0 saturated carbocycles. The van der Waals surface area contributed by atoms with Crippen LogP contribution in [0.2, 0.25) is 0 Å². The number of hydrogen-bond donors (Lipinski definition) is 0. The summed E-state index contributed by atoms with van der Waals surface area (Å²) in [4.78, 5) is 22.5. The SMILES string of the molecule is COC(=O)CCC(=O)OC(C)(C)c1ccccc1. The number of rotatable bonds is 5. The van der Waals surface area contributed by atoms with E-state index in [4.69, 9.17) is 4.74 Å². The maximum Gasteiger partial charge on any atom is 0.307 e. The third-order valence-corrected chi connectivity index (χ3v) is 2.60. The molecule has 4 nitrogen and oxygen atoms in total. The van der Waals surface area contributed by atoms with Gasteiger partial charge in [-0.15, -0.1) is 0 Å². The minimum absolute atomic E-state index is 0.0307. The molecule has 0 aliphatic heterocycles. The van der Waals surface area contributed by atoms with Gasteiger partial charge in [-0.25, -0.2) is 0 Å². The predicted molar refractivity (Wildman–Crippen MR) is 66.8 cm³/mol. The van der Waals surface area contributed by atoms with E-state index in [9.17, 15) is 9.59 Å².